The summed E-state index contributed by atoms with van der Waals surface area (Å²) in [5.41, 5.74) is 3.97. The summed E-state index contributed by atoms with van der Waals surface area (Å²) < 4.78 is 5.37. The van der Waals surface area contributed by atoms with Gasteiger partial charge in [-0.15, -0.1) is 0 Å². The SMILES string of the molecule is Cc1cc(C)c(NC(=O)CN(C)C(=O)/C=C/c2ccc(C)o2)c(C)c1. The standard InChI is InChI=1S/C20H24N2O3/c1-13-10-14(2)20(15(3)11-13)21-18(23)12-22(5)19(24)9-8-17-7-6-16(4)25-17/h6-11H,12H2,1-5H3,(H,21,23)/b9-8+. The second kappa shape index (κ2) is 7.83. The van der Waals surface area contributed by atoms with Crippen molar-refractivity contribution in [2.45, 2.75) is 27.7 Å². The number of benzene rings is 1. The Bertz CT molecular complexity index is 795. The third-order valence-electron chi connectivity index (χ3n) is 3.85. The predicted molar refractivity (Wildman–Crippen MR) is 99.4 cm³/mol. The van der Waals surface area contributed by atoms with E-state index in [1.165, 1.54) is 11.0 Å². The van der Waals surface area contributed by atoms with Gasteiger partial charge in [0, 0.05) is 18.8 Å². The highest BCUT2D eigenvalue weighted by atomic mass is 16.3. The van der Waals surface area contributed by atoms with Crippen molar-refractivity contribution in [2.75, 3.05) is 18.9 Å². The molecule has 0 radical (unpaired) electrons. The number of anilines is 1. The fraction of sp³-hybridized carbons (Fsp3) is 0.300. The molecule has 1 aromatic carbocycles. The molecule has 0 fully saturated rings. The van der Waals surface area contributed by atoms with Gasteiger partial charge in [-0.2, -0.15) is 0 Å². The molecule has 5 nitrogen and oxygen atoms in total. The summed E-state index contributed by atoms with van der Waals surface area (Å²) in [5.74, 6) is 0.896. The number of nitrogens with zero attached hydrogens (tertiary/aromatic N) is 1. The second-order valence-electron chi connectivity index (χ2n) is 6.30. The Morgan fingerprint density at radius 3 is 2.32 bits per heavy atom. The first kappa shape index (κ1) is 18.5. The molecule has 0 saturated heterocycles. The second-order valence-corrected chi connectivity index (χ2v) is 6.30. The molecule has 5 heteroatoms. The summed E-state index contributed by atoms with van der Waals surface area (Å²) in [6, 6.07) is 7.65. The molecule has 1 heterocycles. The van der Waals surface area contributed by atoms with Gasteiger partial charge in [-0.3, -0.25) is 9.59 Å². The van der Waals surface area contributed by atoms with Crippen molar-refractivity contribution in [1.29, 1.82) is 0 Å². The number of carbonyl (C=O) groups is 2. The molecule has 0 bridgehead atoms. The van der Waals surface area contributed by atoms with Crippen molar-refractivity contribution >= 4 is 23.6 Å². The minimum atomic E-state index is -0.262. The molecule has 0 saturated carbocycles. The van der Waals surface area contributed by atoms with Gasteiger partial charge in [0.1, 0.15) is 11.5 Å². The van der Waals surface area contributed by atoms with Crippen LogP contribution >= 0.6 is 0 Å². The van der Waals surface area contributed by atoms with Gasteiger partial charge < -0.3 is 14.6 Å². The van der Waals surface area contributed by atoms with Gasteiger partial charge in [-0.05, 0) is 57.0 Å². The first-order valence-electron chi connectivity index (χ1n) is 8.13. The number of nitrogens with one attached hydrogen (secondary N) is 1. The van der Waals surface area contributed by atoms with Crippen LogP contribution in [0.1, 0.15) is 28.2 Å². The van der Waals surface area contributed by atoms with Crippen molar-refractivity contribution in [3.8, 4) is 0 Å². The Kier molecular flexibility index (Phi) is 5.80. The van der Waals surface area contributed by atoms with Crippen LogP contribution < -0.4 is 5.32 Å². The maximum absolute atomic E-state index is 12.2. The van der Waals surface area contributed by atoms with E-state index in [-0.39, 0.29) is 18.4 Å². The average molecular weight is 340 g/mol. The lowest BCUT2D eigenvalue weighted by Crippen LogP contribution is -2.34. The summed E-state index contributed by atoms with van der Waals surface area (Å²) in [6.45, 7) is 7.75. The Hall–Kier alpha value is -2.82. The molecule has 25 heavy (non-hydrogen) atoms. The smallest absolute Gasteiger partial charge is 0.246 e. The maximum atomic E-state index is 12.2. The number of carbonyl (C=O) groups excluding carboxylic acids is 2. The molecule has 1 N–H and O–H groups in total. The molecule has 0 aliphatic heterocycles. The van der Waals surface area contributed by atoms with Gasteiger partial charge in [0.05, 0.1) is 6.54 Å². The number of hydrogen-bond donors (Lipinski definition) is 1. The fourth-order valence-electron chi connectivity index (χ4n) is 2.67. The molecule has 0 unspecified atom stereocenters. The van der Waals surface area contributed by atoms with Crippen LogP contribution in [0.4, 0.5) is 5.69 Å². The summed E-state index contributed by atoms with van der Waals surface area (Å²) in [6.07, 6.45) is 2.99. The van der Waals surface area contributed by atoms with Crippen LogP contribution in [0.15, 0.2) is 34.8 Å². The molecule has 2 rings (SSSR count). The Balaban J connectivity index is 1.95. The van der Waals surface area contributed by atoms with Crippen LogP contribution in [-0.4, -0.2) is 30.3 Å². The number of aryl methyl sites for hydroxylation is 4. The summed E-state index contributed by atoms with van der Waals surface area (Å²) in [5, 5.41) is 2.89. The van der Waals surface area contributed by atoms with E-state index >= 15 is 0 Å². The maximum Gasteiger partial charge on any atom is 0.246 e. The normalized spacial score (nSPS) is 10.9. The first-order chi connectivity index (χ1) is 11.8. The van der Waals surface area contributed by atoms with Crippen LogP contribution in [0.25, 0.3) is 6.08 Å². The quantitative estimate of drug-likeness (QED) is 0.846. The number of furan rings is 1. The van der Waals surface area contributed by atoms with E-state index in [4.69, 9.17) is 4.42 Å². The van der Waals surface area contributed by atoms with E-state index in [0.717, 1.165) is 28.1 Å². The monoisotopic (exact) mass is 340 g/mol. The third kappa shape index (κ3) is 5.08. The van der Waals surface area contributed by atoms with E-state index in [1.807, 2.05) is 45.9 Å². The van der Waals surface area contributed by atoms with Crippen LogP contribution in [0.2, 0.25) is 0 Å². The lowest BCUT2D eigenvalue weighted by atomic mass is 10.1. The Morgan fingerprint density at radius 2 is 1.76 bits per heavy atom. The fourth-order valence-corrected chi connectivity index (χ4v) is 2.67. The highest BCUT2D eigenvalue weighted by Crippen LogP contribution is 2.21. The van der Waals surface area contributed by atoms with Gasteiger partial charge >= 0.3 is 0 Å². The minimum absolute atomic E-state index is 0.0207. The Labute approximate surface area is 148 Å². The van der Waals surface area contributed by atoms with E-state index in [9.17, 15) is 9.59 Å². The number of rotatable bonds is 5. The van der Waals surface area contributed by atoms with Crippen molar-refractivity contribution in [3.63, 3.8) is 0 Å². The minimum Gasteiger partial charge on any atom is -0.462 e. The number of likely N-dealkylation sites (N-methyl/N-ethyl adjacent to an activating group) is 1. The zero-order valence-corrected chi connectivity index (χ0v) is 15.3. The molecule has 0 aliphatic rings. The topological polar surface area (TPSA) is 62.6 Å². The first-order valence-corrected chi connectivity index (χ1v) is 8.13. The molecular weight excluding hydrogens is 316 g/mol. The Morgan fingerprint density at radius 1 is 1.12 bits per heavy atom. The summed E-state index contributed by atoms with van der Waals surface area (Å²) in [4.78, 5) is 25.7. The highest BCUT2D eigenvalue weighted by molar-refractivity contribution is 5.98. The third-order valence-corrected chi connectivity index (χ3v) is 3.85. The molecule has 2 amide bonds. The van der Waals surface area contributed by atoms with E-state index in [1.54, 1.807) is 19.2 Å². The zero-order valence-electron chi connectivity index (χ0n) is 15.3. The summed E-state index contributed by atoms with van der Waals surface area (Å²) >= 11 is 0. The predicted octanol–water partition coefficient (Wildman–Crippen LogP) is 3.62. The molecule has 0 aliphatic carbocycles. The van der Waals surface area contributed by atoms with Crippen LogP contribution in [0.5, 0.6) is 0 Å². The van der Waals surface area contributed by atoms with E-state index in [0.29, 0.717) is 5.76 Å². The van der Waals surface area contributed by atoms with Crippen molar-refractivity contribution < 1.29 is 14.0 Å². The molecule has 0 spiro atoms. The number of hydrogen-bond acceptors (Lipinski definition) is 3. The lowest BCUT2D eigenvalue weighted by molar-refractivity contribution is -0.129. The van der Waals surface area contributed by atoms with Crippen molar-refractivity contribution in [1.82, 2.24) is 4.90 Å². The van der Waals surface area contributed by atoms with Gasteiger partial charge in [0.25, 0.3) is 0 Å². The largest absolute Gasteiger partial charge is 0.462 e. The van der Waals surface area contributed by atoms with Crippen LogP contribution in [0, 0.1) is 27.7 Å². The zero-order chi connectivity index (χ0) is 18.6. The van der Waals surface area contributed by atoms with Gasteiger partial charge in [-0.1, -0.05) is 17.7 Å². The van der Waals surface area contributed by atoms with Gasteiger partial charge in [0.15, 0.2) is 0 Å². The number of amides is 2. The van der Waals surface area contributed by atoms with E-state index in [2.05, 4.69) is 5.32 Å². The van der Waals surface area contributed by atoms with Gasteiger partial charge in [0.2, 0.25) is 11.8 Å². The molecular formula is C20H24N2O3. The van der Waals surface area contributed by atoms with Crippen molar-refractivity contribution in [3.05, 3.63) is 58.6 Å². The molecule has 0 atom stereocenters. The van der Waals surface area contributed by atoms with Crippen LogP contribution in [0.3, 0.4) is 0 Å². The summed E-state index contributed by atoms with van der Waals surface area (Å²) in [7, 11) is 1.59. The van der Waals surface area contributed by atoms with Crippen molar-refractivity contribution in [2.24, 2.45) is 0 Å². The van der Waals surface area contributed by atoms with Crippen LogP contribution in [-0.2, 0) is 9.59 Å². The van der Waals surface area contributed by atoms with E-state index < -0.39 is 0 Å². The molecule has 2 aromatic rings. The highest BCUT2D eigenvalue weighted by Gasteiger charge is 2.13. The average Bonchev–Trinajstić information content (AvgIpc) is 2.94. The lowest BCUT2D eigenvalue weighted by Gasteiger charge is -2.17. The molecule has 132 valence electrons. The molecule has 1 aromatic heterocycles. The van der Waals surface area contributed by atoms with Gasteiger partial charge in [-0.25, -0.2) is 0 Å².